The minimum absolute atomic E-state index is 0.486. The monoisotopic (exact) mass is 215 g/mol. The predicted molar refractivity (Wildman–Crippen MR) is 46.6 cm³/mol. The molecule has 0 radical (unpaired) electrons. The average Bonchev–Trinajstić information content (AvgIpc) is 2.19. The van der Waals surface area contributed by atoms with E-state index in [-0.39, 0.29) is 0 Å². The molecule has 15 heavy (non-hydrogen) atoms. The zero-order valence-corrected chi connectivity index (χ0v) is 8.14. The molecule has 1 aromatic rings. The maximum Gasteiger partial charge on any atom is 0.203 e. The second kappa shape index (κ2) is 3.81. The van der Waals surface area contributed by atoms with E-state index in [4.69, 9.17) is 10.00 Å². The number of rotatable bonds is 2. The zero-order valence-electron chi connectivity index (χ0n) is 8.14. The molecular formula is C10H8F3NO. The summed E-state index contributed by atoms with van der Waals surface area (Å²) in [6, 6.07) is 3.42. The van der Waals surface area contributed by atoms with Crippen molar-refractivity contribution >= 4 is 0 Å². The van der Waals surface area contributed by atoms with Gasteiger partial charge >= 0.3 is 0 Å². The van der Waals surface area contributed by atoms with Crippen LogP contribution in [0.25, 0.3) is 0 Å². The Hall–Kier alpha value is -1.70. The van der Waals surface area contributed by atoms with Gasteiger partial charge in [0.15, 0.2) is 23.0 Å². The fraction of sp³-hybridized carbons (Fsp3) is 0.300. The fourth-order valence-corrected chi connectivity index (χ4v) is 0.885. The number of benzene rings is 1. The van der Waals surface area contributed by atoms with Gasteiger partial charge in [0, 0.05) is 0 Å². The summed E-state index contributed by atoms with van der Waals surface area (Å²) in [6.07, 6.45) is 0. The highest BCUT2D eigenvalue weighted by molar-refractivity contribution is 5.27. The van der Waals surface area contributed by atoms with Crippen LogP contribution in [0.2, 0.25) is 0 Å². The lowest BCUT2D eigenvalue weighted by molar-refractivity contribution is 0.159. The summed E-state index contributed by atoms with van der Waals surface area (Å²) in [5.74, 6) is -4.82. The molecule has 0 saturated heterocycles. The summed E-state index contributed by atoms with van der Waals surface area (Å²) in [4.78, 5) is 0. The highest BCUT2D eigenvalue weighted by Crippen LogP contribution is 2.25. The van der Waals surface area contributed by atoms with Crippen LogP contribution in [0.1, 0.15) is 13.8 Å². The first kappa shape index (κ1) is 11.4. The Labute approximate surface area is 84.9 Å². The minimum atomic E-state index is -1.61. The lowest BCUT2D eigenvalue weighted by Gasteiger charge is -2.18. The average molecular weight is 215 g/mol. The summed E-state index contributed by atoms with van der Waals surface area (Å²) >= 11 is 0. The molecule has 0 aromatic heterocycles. The molecule has 80 valence electrons. The smallest absolute Gasteiger partial charge is 0.203 e. The summed E-state index contributed by atoms with van der Waals surface area (Å²) in [6.45, 7) is 2.77. The number of halogens is 3. The molecular weight excluding hydrogens is 207 g/mol. The topological polar surface area (TPSA) is 33.0 Å². The lowest BCUT2D eigenvalue weighted by atomic mass is 10.2. The van der Waals surface area contributed by atoms with Crippen molar-refractivity contribution in [3.05, 3.63) is 29.6 Å². The molecule has 0 N–H and O–H groups in total. The fourth-order valence-electron chi connectivity index (χ4n) is 0.885. The molecule has 0 saturated carbocycles. The Morgan fingerprint density at radius 1 is 1.20 bits per heavy atom. The molecule has 0 amide bonds. The molecule has 0 heterocycles. The lowest BCUT2D eigenvalue weighted by Crippen LogP contribution is -2.26. The van der Waals surface area contributed by atoms with Crippen molar-refractivity contribution in [1.82, 2.24) is 0 Å². The number of nitriles is 1. The van der Waals surface area contributed by atoms with Gasteiger partial charge in [0.2, 0.25) is 5.82 Å². The summed E-state index contributed by atoms with van der Waals surface area (Å²) in [5.41, 5.74) is -1.30. The Morgan fingerprint density at radius 2 is 1.80 bits per heavy atom. The van der Waals surface area contributed by atoms with E-state index in [1.165, 1.54) is 13.8 Å². The molecule has 0 aliphatic carbocycles. The second-order valence-corrected chi connectivity index (χ2v) is 3.40. The molecule has 2 nitrogen and oxygen atoms in total. The van der Waals surface area contributed by atoms with E-state index < -0.39 is 28.8 Å². The molecule has 0 fully saturated rings. The van der Waals surface area contributed by atoms with Crippen molar-refractivity contribution in [2.24, 2.45) is 0 Å². The Kier molecular flexibility index (Phi) is 2.89. The highest BCUT2D eigenvalue weighted by atomic mass is 19.2. The van der Waals surface area contributed by atoms with Crippen molar-refractivity contribution in [3.8, 4) is 11.8 Å². The highest BCUT2D eigenvalue weighted by Gasteiger charge is 2.23. The first-order valence-electron chi connectivity index (χ1n) is 4.11. The van der Waals surface area contributed by atoms with Gasteiger partial charge in [-0.2, -0.15) is 9.65 Å². The van der Waals surface area contributed by atoms with Crippen LogP contribution in [-0.2, 0) is 0 Å². The van der Waals surface area contributed by atoms with Gasteiger partial charge in [0.1, 0.15) is 6.07 Å². The number of hydrogen-bond donors (Lipinski definition) is 0. The third-order valence-electron chi connectivity index (χ3n) is 1.63. The molecule has 1 aromatic carbocycles. The van der Waals surface area contributed by atoms with E-state index in [0.29, 0.717) is 0 Å². The molecule has 0 aliphatic rings. The molecule has 0 unspecified atom stereocenters. The first-order chi connectivity index (χ1) is 6.87. The van der Waals surface area contributed by atoms with Gasteiger partial charge in [0.25, 0.3) is 0 Å². The molecule has 1 rings (SSSR count). The van der Waals surface area contributed by atoms with Gasteiger partial charge in [-0.15, -0.1) is 0 Å². The predicted octanol–water partition coefficient (Wildman–Crippen LogP) is 2.78. The van der Waals surface area contributed by atoms with Gasteiger partial charge in [-0.05, 0) is 26.0 Å². The summed E-state index contributed by atoms with van der Waals surface area (Å²) in [5, 5.41) is 8.60. The van der Waals surface area contributed by atoms with Gasteiger partial charge < -0.3 is 4.74 Å². The first-order valence-corrected chi connectivity index (χ1v) is 4.11. The minimum Gasteiger partial charge on any atom is -0.470 e. The van der Waals surface area contributed by atoms with Crippen LogP contribution < -0.4 is 4.74 Å². The summed E-state index contributed by atoms with van der Waals surface area (Å²) < 4.78 is 43.3. The van der Waals surface area contributed by atoms with Crippen LogP contribution in [-0.4, -0.2) is 5.60 Å². The van der Waals surface area contributed by atoms with Gasteiger partial charge in [-0.3, -0.25) is 0 Å². The normalized spacial score (nSPS) is 10.9. The van der Waals surface area contributed by atoms with E-state index in [1.54, 1.807) is 6.07 Å². The van der Waals surface area contributed by atoms with Crippen LogP contribution in [0.15, 0.2) is 12.1 Å². The van der Waals surface area contributed by atoms with Gasteiger partial charge in [-0.1, -0.05) is 0 Å². The molecule has 0 aliphatic heterocycles. The van der Waals surface area contributed by atoms with E-state index >= 15 is 0 Å². The maximum atomic E-state index is 13.1. The SMILES string of the molecule is CC(C)(C#N)Oc1ccc(F)c(F)c1F. The number of hydrogen-bond acceptors (Lipinski definition) is 2. The van der Waals surface area contributed by atoms with Crippen LogP contribution in [0.5, 0.6) is 5.75 Å². The molecule has 5 heteroatoms. The van der Waals surface area contributed by atoms with Crippen LogP contribution in [0, 0.1) is 28.8 Å². The zero-order chi connectivity index (χ0) is 11.6. The van der Waals surface area contributed by atoms with Crippen molar-refractivity contribution < 1.29 is 17.9 Å². The number of ether oxygens (including phenoxy) is 1. The third kappa shape index (κ3) is 2.40. The van der Waals surface area contributed by atoms with Crippen LogP contribution >= 0.6 is 0 Å². The Balaban J connectivity index is 3.09. The van der Waals surface area contributed by atoms with E-state index in [2.05, 4.69) is 0 Å². The van der Waals surface area contributed by atoms with E-state index in [0.717, 1.165) is 12.1 Å². The van der Waals surface area contributed by atoms with Crippen molar-refractivity contribution in [1.29, 1.82) is 5.26 Å². The largest absolute Gasteiger partial charge is 0.470 e. The summed E-state index contributed by atoms with van der Waals surface area (Å²) in [7, 11) is 0. The number of nitrogens with zero attached hydrogens (tertiary/aromatic N) is 1. The van der Waals surface area contributed by atoms with Gasteiger partial charge in [-0.25, -0.2) is 8.78 Å². The third-order valence-corrected chi connectivity index (χ3v) is 1.63. The maximum absolute atomic E-state index is 13.1. The van der Waals surface area contributed by atoms with Crippen molar-refractivity contribution in [3.63, 3.8) is 0 Å². The van der Waals surface area contributed by atoms with Gasteiger partial charge in [0.05, 0.1) is 0 Å². The Morgan fingerprint density at radius 3 is 2.33 bits per heavy atom. The van der Waals surface area contributed by atoms with E-state index in [1.807, 2.05) is 0 Å². The van der Waals surface area contributed by atoms with Crippen molar-refractivity contribution in [2.75, 3.05) is 0 Å². The quantitative estimate of drug-likeness (QED) is 0.710. The molecule has 0 bridgehead atoms. The standard InChI is InChI=1S/C10H8F3NO/c1-10(2,5-14)15-7-4-3-6(11)8(12)9(7)13/h3-4H,1-2H3. The second-order valence-electron chi connectivity index (χ2n) is 3.40. The van der Waals surface area contributed by atoms with Crippen LogP contribution in [0.3, 0.4) is 0 Å². The molecule has 0 atom stereocenters. The molecule has 0 spiro atoms. The van der Waals surface area contributed by atoms with Crippen molar-refractivity contribution in [2.45, 2.75) is 19.4 Å². The van der Waals surface area contributed by atoms with E-state index in [9.17, 15) is 13.2 Å². The Bertz CT molecular complexity index is 423. The van der Waals surface area contributed by atoms with Crippen LogP contribution in [0.4, 0.5) is 13.2 Å².